The molecule has 224 valence electrons. The van der Waals surface area contributed by atoms with Gasteiger partial charge in [0.2, 0.25) is 17.6 Å². The summed E-state index contributed by atoms with van der Waals surface area (Å²) in [7, 11) is 1.48. The zero-order valence-electron chi connectivity index (χ0n) is 25.4. The normalized spacial score (nSPS) is 20.0. The molecule has 3 atom stereocenters. The predicted octanol–water partition coefficient (Wildman–Crippen LogP) is 3.29. The number of amides is 5. The zero-order valence-corrected chi connectivity index (χ0v) is 25.4. The van der Waals surface area contributed by atoms with Crippen molar-refractivity contribution >= 4 is 29.5 Å². The summed E-state index contributed by atoms with van der Waals surface area (Å²) in [6.45, 7) is 14.2. The molecule has 3 unspecified atom stereocenters. The number of hydrogen-bond acceptors (Lipinski definition) is 5. The lowest BCUT2D eigenvalue weighted by Crippen LogP contribution is -2.60. The third kappa shape index (κ3) is 10.8. The highest BCUT2D eigenvalue weighted by Crippen LogP contribution is 2.31. The van der Waals surface area contributed by atoms with Gasteiger partial charge >= 0.3 is 6.03 Å². The van der Waals surface area contributed by atoms with E-state index in [1.807, 2.05) is 34.6 Å². The van der Waals surface area contributed by atoms with Gasteiger partial charge in [-0.15, -0.1) is 0 Å². The molecule has 1 aliphatic heterocycles. The minimum atomic E-state index is -0.892. The second kappa shape index (κ2) is 16.5. The van der Waals surface area contributed by atoms with Gasteiger partial charge in [0.1, 0.15) is 12.1 Å². The molecule has 5 amide bonds. The monoisotopic (exact) mass is 551 g/mol. The average Bonchev–Trinajstić information content (AvgIpc) is 3.54. The summed E-state index contributed by atoms with van der Waals surface area (Å²) in [5.41, 5.74) is -0.573. The highest BCUT2D eigenvalue weighted by Gasteiger charge is 2.43. The first-order valence-corrected chi connectivity index (χ1v) is 14.9. The quantitative estimate of drug-likeness (QED) is 0.326. The number of urea groups is 1. The molecular weight excluding hydrogens is 498 g/mol. The Morgan fingerprint density at radius 3 is 1.95 bits per heavy atom. The van der Waals surface area contributed by atoms with Crippen molar-refractivity contribution in [2.24, 2.45) is 11.3 Å². The number of likely N-dealkylation sites (tertiary alicyclic amines) is 1. The van der Waals surface area contributed by atoms with Crippen LogP contribution in [0.25, 0.3) is 0 Å². The van der Waals surface area contributed by atoms with Crippen LogP contribution in [-0.4, -0.2) is 72.2 Å². The first-order chi connectivity index (χ1) is 18.4. The van der Waals surface area contributed by atoms with E-state index in [2.05, 4.69) is 35.1 Å². The van der Waals surface area contributed by atoms with Gasteiger partial charge in [0.05, 0.1) is 6.04 Å². The van der Waals surface area contributed by atoms with Crippen molar-refractivity contribution in [1.29, 1.82) is 0 Å². The Labute approximate surface area is 235 Å². The first-order valence-electron chi connectivity index (χ1n) is 14.9. The Bertz CT molecular complexity index is 832. The van der Waals surface area contributed by atoms with Crippen LogP contribution in [0.5, 0.6) is 0 Å². The molecule has 1 heterocycles. The lowest BCUT2D eigenvalue weighted by Gasteiger charge is -2.36. The second-order valence-corrected chi connectivity index (χ2v) is 11.6. The largest absolute Gasteiger partial charge is 0.347 e. The summed E-state index contributed by atoms with van der Waals surface area (Å²) < 4.78 is 0. The Morgan fingerprint density at radius 2 is 1.49 bits per heavy atom. The van der Waals surface area contributed by atoms with Crippen molar-refractivity contribution < 1.29 is 24.0 Å². The van der Waals surface area contributed by atoms with E-state index < -0.39 is 47.2 Å². The molecule has 4 N–H and O–H groups in total. The van der Waals surface area contributed by atoms with Crippen LogP contribution in [0.15, 0.2) is 0 Å². The summed E-state index contributed by atoms with van der Waals surface area (Å²) in [6.07, 6.45) is 7.59. The molecule has 10 heteroatoms. The fraction of sp³-hybridized carbons (Fsp3) is 0.828. The van der Waals surface area contributed by atoms with Crippen molar-refractivity contribution in [2.45, 2.75) is 130 Å². The molecule has 2 saturated carbocycles. The van der Waals surface area contributed by atoms with Crippen molar-refractivity contribution in [3.63, 3.8) is 0 Å². The maximum Gasteiger partial charge on any atom is 0.315 e. The van der Waals surface area contributed by atoms with Crippen molar-refractivity contribution in [3.8, 4) is 0 Å². The molecule has 3 fully saturated rings. The maximum atomic E-state index is 13.4. The number of carbonyl (C=O) groups is 5. The fourth-order valence-electron chi connectivity index (χ4n) is 4.52. The van der Waals surface area contributed by atoms with Crippen LogP contribution in [0.1, 0.15) is 106 Å². The maximum absolute atomic E-state index is 13.4. The molecule has 0 bridgehead atoms. The molecule has 0 aromatic carbocycles. The highest BCUT2D eigenvalue weighted by molar-refractivity contribution is 6.38. The van der Waals surface area contributed by atoms with Crippen molar-refractivity contribution in [3.05, 3.63) is 0 Å². The number of rotatable bonds is 9. The summed E-state index contributed by atoms with van der Waals surface area (Å²) in [6, 6.07) is -2.87. The molecule has 0 aromatic heterocycles. The number of Topliss-reactive ketones (excluding diaryl/α,β-unsaturated/α-hetero) is 1. The van der Waals surface area contributed by atoms with Crippen LogP contribution >= 0.6 is 0 Å². The topological polar surface area (TPSA) is 137 Å². The molecule has 0 radical (unpaired) electrons. The molecule has 2 aliphatic carbocycles. The number of ketones is 1. The molecule has 3 rings (SSSR count). The van der Waals surface area contributed by atoms with Crippen LogP contribution in [0, 0.1) is 11.3 Å². The minimum absolute atomic E-state index is 0.0570. The lowest BCUT2D eigenvalue weighted by atomic mass is 9.80. The number of nitrogens with one attached hydrogen (secondary N) is 4. The van der Waals surface area contributed by atoms with E-state index in [0.717, 1.165) is 32.1 Å². The number of carbonyl (C=O) groups excluding carboxylic acids is 5. The van der Waals surface area contributed by atoms with Gasteiger partial charge in [-0.1, -0.05) is 74.1 Å². The van der Waals surface area contributed by atoms with E-state index in [9.17, 15) is 24.0 Å². The Balaban J connectivity index is 0.00000142. The molecule has 10 nitrogen and oxygen atoms in total. The highest BCUT2D eigenvalue weighted by atomic mass is 16.2. The van der Waals surface area contributed by atoms with E-state index in [-0.39, 0.29) is 11.9 Å². The van der Waals surface area contributed by atoms with Gasteiger partial charge in [0.25, 0.3) is 5.91 Å². The van der Waals surface area contributed by atoms with Gasteiger partial charge in [-0.25, -0.2) is 4.79 Å². The van der Waals surface area contributed by atoms with E-state index >= 15 is 0 Å². The first kappa shape index (κ1) is 34.4. The zero-order chi connectivity index (χ0) is 29.8. The molecule has 39 heavy (non-hydrogen) atoms. The second-order valence-electron chi connectivity index (χ2n) is 11.6. The van der Waals surface area contributed by atoms with E-state index in [1.54, 1.807) is 0 Å². The average molecular weight is 552 g/mol. The smallest absolute Gasteiger partial charge is 0.315 e. The van der Waals surface area contributed by atoms with Crippen molar-refractivity contribution in [1.82, 2.24) is 26.2 Å². The molecule has 1 saturated heterocycles. The van der Waals surface area contributed by atoms with Crippen molar-refractivity contribution in [2.75, 3.05) is 13.6 Å². The third-order valence-electron chi connectivity index (χ3n) is 7.02. The summed E-state index contributed by atoms with van der Waals surface area (Å²) in [4.78, 5) is 65.4. The summed E-state index contributed by atoms with van der Waals surface area (Å²) >= 11 is 0. The lowest BCUT2D eigenvalue weighted by molar-refractivity contribution is -0.144. The van der Waals surface area contributed by atoms with E-state index in [1.165, 1.54) is 18.4 Å². The van der Waals surface area contributed by atoms with Gasteiger partial charge in [-0.05, 0) is 43.4 Å². The Kier molecular flexibility index (Phi) is 14.5. The fourth-order valence-corrected chi connectivity index (χ4v) is 4.52. The van der Waals surface area contributed by atoms with Crippen LogP contribution in [-0.2, 0) is 19.2 Å². The Morgan fingerprint density at radius 1 is 0.897 bits per heavy atom. The van der Waals surface area contributed by atoms with Crippen LogP contribution in [0.2, 0.25) is 0 Å². The SMILES string of the molecule is CC.CCC.CNC(=O)NC(C(=O)N1CCCC1C(=O)NC(CC1CCC1)C(=O)C(=O)NC1CC1)C(C)(C)C. The minimum Gasteiger partial charge on any atom is -0.347 e. The summed E-state index contributed by atoms with van der Waals surface area (Å²) in [5.74, 6) is -1.70. The predicted molar refractivity (Wildman–Crippen MR) is 153 cm³/mol. The van der Waals surface area contributed by atoms with Gasteiger partial charge in [-0.2, -0.15) is 0 Å². The molecular formula is C29H53N5O5. The van der Waals surface area contributed by atoms with Gasteiger partial charge < -0.3 is 26.2 Å². The third-order valence-corrected chi connectivity index (χ3v) is 7.02. The van der Waals surface area contributed by atoms with Gasteiger partial charge in [0, 0.05) is 19.6 Å². The van der Waals surface area contributed by atoms with Crippen LogP contribution in [0.3, 0.4) is 0 Å². The van der Waals surface area contributed by atoms with Crippen LogP contribution in [0.4, 0.5) is 4.79 Å². The van der Waals surface area contributed by atoms with E-state index in [0.29, 0.717) is 31.7 Å². The molecule has 3 aliphatic rings. The van der Waals surface area contributed by atoms with Gasteiger partial charge in [0.15, 0.2) is 0 Å². The van der Waals surface area contributed by atoms with E-state index in [4.69, 9.17) is 0 Å². The number of hydrogen-bond donors (Lipinski definition) is 4. The van der Waals surface area contributed by atoms with Gasteiger partial charge in [-0.3, -0.25) is 19.2 Å². The summed E-state index contributed by atoms with van der Waals surface area (Å²) in [5, 5.41) is 10.7. The number of nitrogens with zero attached hydrogens (tertiary/aromatic N) is 1. The standard InChI is InChI=1S/C24H39N5O5.C3H8.C2H6/c1-24(2,3)19(28-23(34)25-4)22(33)29-12-6-9-17(29)20(31)27-16(13-14-7-5-8-14)18(30)21(32)26-15-10-11-15;1-3-2;1-2/h14-17,19H,5-13H2,1-4H3,(H,26,32)(H,27,31)(H2,25,28,34);3H2,1-2H3;1-2H3. The molecule has 0 aromatic rings. The Hall–Kier alpha value is -2.65. The van der Waals surface area contributed by atoms with Crippen LogP contribution < -0.4 is 21.3 Å². The molecule has 0 spiro atoms.